The molecular formula is C5H4ClIN2O. The molecule has 1 aromatic heterocycles. The molecule has 0 radical (unpaired) electrons. The molecule has 0 saturated heterocycles. The third-order valence-corrected chi connectivity index (χ3v) is 1.80. The maximum Gasteiger partial charge on any atom is 0.231 e. The van der Waals surface area contributed by atoms with Gasteiger partial charge in [0.15, 0.2) is 0 Å². The number of nitrogens with zero attached hydrogens (tertiary/aromatic N) is 2. The van der Waals surface area contributed by atoms with Crippen molar-refractivity contribution >= 4 is 34.2 Å². The van der Waals surface area contributed by atoms with E-state index in [1.165, 1.54) is 0 Å². The summed E-state index contributed by atoms with van der Waals surface area (Å²) in [5, 5.41) is 0.206. The minimum Gasteiger partial charge on any atom is -0.480 e. The molecule has 0 N–H and O–H groups in total. The molecule has 0 amide bonds. The monoisotopic (exact) mass is 270 g/mol. The van der Waals surface area contributed by atoms with E-state index in [-0.39, 0.29) is 5.28 Å². The third-order valence-electron chi connectivity index (χ3n) is 0.876. The van der Waals surface area contributed by atoms with E-state index in [9.17, 15) is 0 Å². The number of halogens is 2. The van der Waals surface area contributed by atoms with Crippen LogP contribution in [0.2, 0.25) is 5.28 Å². The van der Waals surface area contributed by atoms with Gasteiger partial charge >= 0.3 is 0 Å². The highest BCUT2D eigenvalue weighted by molar-refractivity contribution is 14.1. The Morgan fingerprint density at radius 2 is 2.40 bits per heavy atom. The lowest BCUT2D eigenvalue weighted by Gasteiger charge is -1.99. The van der Waals surface area contributed by atoms with Crippen LogP contribution in [0, 0.1) is 3.57 Å². The van der Waals surface area contributed by atoms with Crippen molar-refractivity contribution in [3.05, 3.63) is 15.1 Å². The van der Waals surface area contributed by atoms with E-state index in [1.54, 1.807) is 13.3 Å². The molecule has 1 rings (SSSR count). The fourth-order valence-corrected chi connectivity index (χ4v) is 1.08. The van der Waals surface area contributed by atoms with Crippen molar-refractivity contribution in [3.63, 3.8) is 0 Å². The van der Waals surface area contributed by atoms with E-state index in [0.717, 1.165) is 3.57 Å². The SMILES string of the molecule is COc1nc(Cl)ncc1I. The second-order valence-corrected chi connectivity index (χ2v) is 3.00. The first kappa shape index (κ1) is 8.00. The molecule has 1 aromatic rings. The highest BCUT2D eigenvalue weighted by Crippen LogP contribution is 2.17. The van der Waals surface area contributed by atoms with Gasteiger partial charge in [-0.2, -0.15) is 4.98 Å². The topological polar surface area (TPSA) is 35.0 Å². The second kappa shape index (κ2) is 3.34. The van der Waals surface area contributed by atoms with Crippen molar-refractivity contribution in [2.75, 3.05) is 7.11 Å². The predicted molar refractivity (Wildman–Crippen MR) is 46.3 cm³/mol. The van der Waals surface area contributed by atoms with Gasteiger partial charge in [0.1, 0.15) is 0 Å². The zero-order valence-corrected chi connectivity index (χ0v) is 8.05. The molecule has 5 heteroatoms. The second-order valence-electron chi connectivity index (χ2n) is 1.50. The number of hydrogen-bond acceptors (Lipinski definition) is 3. The summed E-state index contributed by atoms with van der Waals surface area (Å²) in [5.41, 5.74) is 0. The van der Waals surface area contributed by atoms with Gasteiger partial charge < -0.3 is 4.74 Å². The van der Waals surface area contributed by atoms with Gasteiger partial charge in [-0.25, -0.2) is 4.98 Å². The standard InChI is InChI=1S/C5H4ClIN2O/c1-10-4-3(7)2-8-5(6)9-4/h2H,1H3. The van der Waals surface area contributed by atoms with Crippen molar-refractivity contribution in [2.45, 2.75) is 0 Å². The zero-order valence-electron chi connectivity index (χ0n) is 5.14. The van der Waals surface area contributed by atoms with E-state index >= 15 is 0 Å². The largest absolute Gasteiger partial charge is 0.480 e. The quantitative estimate of drug-likeness (QED) is 0.576. The molecule has 0 aliphatic carbocycles. The van der Waals surface area contributed by atoms with Crippen LogP contribution in [0.5, 0.6) is 5.88 Å². The van der Waals surface area contributed by atoms with Gasteiger partial charge in [-0.15, -0.1) is 0 Å². The van der Waals surface area contributed by atoms with Crippen LogP contribution in [-0.4, -0.2) is 17.1 Å². The summed E-state index contributed by atoms with van der Waals surface area (Å²) in [5.74, 6) is 0.514. The summed E-state index contributed by atoms with van der Waals surface area (Å²) >= 11 is 7.56. The van der Waals surface area contributed by atoms with Crippen LogP contribution in [-0.2, 0) is 0 Å². The molecule has 10 heavy (non-hydrogen) atoms. The Labute approximate surface area is 76.9 Å². The minimum atomic E-state index is 0.206. The lowest BCUT2D eigenvalue weighted by molar-refractivity contribution is 0.393. The zero-order chi connectivity index (χ0) is 7.56. The van der Waals surface area contributed by atoms with E-state index in [1.807, 2.05) is 0 Å². The number of rotatable bonds is 1. The van der Waals surface area contributed by atoms with Gasteiger partial charge in [0.2, 0.25) is 11.2 Å². The minimum absolute atomic E-state index is 0.206. The number of ether oxygens (including phenoxy) is 1. The summed E-state index contributed by atoms with van der Waals surface area (Å²) in [6, 6.07) is 0. The third kappa shape index (κ3) is 1.69. The van der Waals surface area contributed by atoms with Crippen molar-refractivity contribution in [1.29, 1.82) is 0 Å². The first-order valence-corrected chi connectivity index (χ1v) is 3.91. The van der Waals surface area contributed by atoms with Gasteiger partial charge in [-0.1, -0.05) is 0 Å². The molecule has 0 atom stereocenters. The fourth-order valence-electron chi connectivity index (χ4n) is 0.474. The lowest BCUT2D eigenvalue weighted by Crippen LogP contribution is -1.92. The molecule has 0 saturated carbocycles. The van der Waals surface area contributed by atoms with E-state index in [0.29, 0.717) is 5.88 Å². The summed E-state index contributed by atoms with van der Waals surface area (Å²) in [6.07, 6.45) is 1.61. The number of aromatic nitrogens is 2. The molecule has 0 aliphatic rings. The van der Waals surface area contributed by atoms with Crippen LogP contribution in [0.1, 0.15) is 0 Å². The molecule has 1 heterocycles. The summed E-state index contributed by atoms with van der Waals surface area (Å²) in [6.45, 7) is 0. The summed E-state index contributed by atoms with van der Waals surface area (Å²) in [4.78, 5) is 7.57. The molecular weight excluding hydrogens is 266 g/mol. The van der Waals surface area contributed by atoms with Crippen molar-refractivity contribution in [1.82, 2.24) is 9.97 Å². The van der Waals surface area contributed by atoms with Gasteiger partial charge in [0.05, 0.1) is 10.7 Å². The maximum absolute atomic E-state index is 5.49. The van der Waals surface area contributed by atoms with E-state index < -0.39 is 0 Å². The number of hydrogen-bond donors (Lipinski definition) is 0. The van der Waals surface area contributed by atoms with E-state index in [2.05, 4.69) is 32.6 Å². The van der Waals surface area contributed by atoms with Gasteiger partial charge in [0, 0.05) is 6.20 Å². The van der Waals surface area contributed by atoms with Gasteiger partial charge in [-0.05, 0) is 34.2 Å². The normalized spacial score (nSPS) is 9.50. The van der Waals surface area contributed by atoms with Crippen LogP contribution < -0.4 is 4.74 Å². The van der Waals surface area contributed by atoms with Gasteiger partial charge in [-0.3, -0.25) is 0 Å². The molecule has 0 aromatic carbocycles. The van der Waals surface area contributed by atoms with Crippen LogP contribution in [0.25, 0.3) is 0 Å². The average molecular weight is 270 g/mol. The fraction of sp³-hybridized carbons (Fsp3) is 0.200. The number of methoxy groups -OCH3 is 1. The molecule has 0 bridgehead atoms. The Balaban J connectivity index is 3.09. The molecule has 0 unspecified atom stereocenters. The Bertz CT molecular complexity index is 243. The molecule has 0 aliphatic heterocycles. The van der Waals surface area contributed by atoms with Crippen LogP contribution in [0.4, 0.5) is 0 Å². The van der Waals surface area contributed by atoms with Crippen LogP contribution >= 0.6 is 34.2 Å². The smallest absolute Gasteiger partial charge is 0.231 e. The van der Waals surface area contributed by atoms with Gasteiger partial charge in [0.25, 0.3) is 0 Å². The predicted octanol–water partition coefficient (Wildman–Crippen LogP) is 1.74. The first-order chi connectivity index (χ1) is 4.74. The summed E-state index contributed by atoms with van der Waals surface area (Å²) in [7, 11) is 1.54. The summed E-state index contributed by atoms with van der Waals surface area (Å²) < 4.78 is 5.73. The maximum atomic E-state index is 5.49. The van der Waals surface area contributed by atoms with Crippen molar-refractivity contribution in [2.24, 2.45) is 0 Å². The Morgan fingerprint density at radius 3 is 2.90 bits per heavy atom. The lowest BCUT2D eigenvalue weighted by atomic mass is 10.6. The van der Waals surface area contributed by atoms with Crippen molar-refractivity contribution < 1.29 is 4.74 Å². The Morgan fingerprint density at radius 1 is 1.70 bits per heavy atom. The highest BCUT2D eigenvalue weighted by Gasteiger charge is 2.01. The van der Waals surface area contributed by atoms with Crippen molar-refractivity contribution in [3.8, 4) is 5.88 Å². The Hall–Kier alpha value is -0.100. The van der Waals surface area contributed by atoms with Crippen LogP contribution in [0.3, 0.4) is 0 Å². The molecule has 3 nitrogen and oxygen atoms in total. The molecule has 0 spiro atoms. The Kier molecular flexibility index (Phi) is 2.67. The molecule has 0 fully saturated rings. The first-order valence-electron chi connectivity index (χ1n) is 2.46. The average Bonchev–Trinajstić information content (AvgIpc) is 1.94. The molecule has 54 valence electrons. The van der Waals surface area contributed by atoms with E-state index in [4.69, 9.17) is 16.3 Å². The highest BCUT2D eigenvalue weighted by atomic mass is 127. The van der Waals surface area contributed by atoms with Crippen LogP contribution in [0.15, 0.2) is 6.20 Å².